The van der Waals surface area contributed by atoms with E-state index in [2.05, 4.69) is 36.7 Å². The van der Waals surface area contributed by atoms with Crippen LogP contribution < -0.4 is 16.0 Å². The molecular formula is C17H24ClN3O2. The van der Waals surface area contributed by atoms with Crippen molar-refractivity contribution in [3.63, 3.8) is 0 Å². The fourth-order valence-electron chi connectivity index (χ4n) is 2.34. The highest BCUT2D eigenvalue weighted by Gasteiger charge is 2.21. The summed E-state index contributed by atoms with van der Waals surface area (Å²) in [5.41, 5.74) is 1.32. The van der Waals surface area contributed by atoms with Crippen LogP contribution in [-0.2, 0) is 4.79 Å². The number of benzene rings is 1. The van der Waals surface area contributed by atoms with Crippen molar-refractivity contribution < 1.29 is 9.59 Å². The molecule has 1 fully saturated rings. The van der Waals surface area contributed by atoms with Gasteiger partial charge in [-0.1, -0.05) is 25.4 Å². The lowest BCUT2D eigenvalue weighted by molar-refractivity contribution is -0.122. The van der Waals surface area contributed by atoms with E-state index in [0.717, 1.165) is 5.69 Å². The maximum atomic E-state index is 12.5. The standard InChI is InChI=1S/C17H24ClN3O2/c1-10(2)11(3)20-12-4-6-15(18)14(8-12)17(23)21-13-5-7-16(22)19-9-13/h4,6,8,10-11,13,20H,5,7,9H2,1-3H3,(H,19,22)(H,21,23)/t11-,13-/m1/s1. The van der Waals surface area contributed by atoms with Gasteiger partial charge < -0.3 is 16.0 Å². The fraction of sp³-hybridized carbons (Fsp3) is 0.529. The molecule has 126 valence electrons. The van der Waals surface area contributed by atoms with Crippen molar-refractivity contribution in [3.05, 3.63) is 28.8 Å². The lowest BCUT2D eigenvalue weighted by Gasteiger charge is -2.24. The van der Waals surface area contributed by atoms with Crippen LogP contribution in [0.3, 0.4) is 0 Å². The lowest BCUT2D eigenvalue weighted by Crippen LogP contribution is -2.47. The van der Waals surface area contributed by atoms with E-state index in [9.17, 15) is 9.59 Å². The average molecular weight is 338 g/mol. The zero-order valence-electron chi connectivity index (χ0n) is 13.8. The van der Waals surface area contributed by atoms with Crippen molar-refractivity contribution in [1.29, 1.82) is 0 Å². The van der Waals surface area contributed by atoms with Crippen molar-refractivity contribution in [3.8, 4) is 0 Å². The van der Waals surface area contributed by atoms with Gasteiger partial charge in [0.1, 0.15) is 0 Å². The van der Waals surface area contributed by atoms with Crippen LogP contribution in [-0.4, -0.2) is 30.4 Å². The molecule has 1 aromatic carbocycles. The molecule has 2 rings (SSSR count). The Balaban J connectivity index is 2.05. The van der Waals surface area contributed by atoms with Gasteiger partial charge in [0, 0.05) is 30.7 Å². The minimum atomic E-state index is -0.211. The highest BCUT2D eigenvalue weighted by molar-refractivity contribution is 6.34. The molecule has 1 aliphatic heterocycles. The predicted octanol–water partition coefficient (Wildman–Crippen LogP) is 2.80. The van der Waals surface area contributed by atoms with Crippen molar-refractivity contribution in [1.82, 2.24) is 10.6 Å². The Labute approximate surface area is 142 Å². The van der Waals surface area contributed by atoms with E-state index in [-0.39, 0.29) is 17.9 Å². The monoisotopic (exact) mass is 337 g/mol. The Kier molecular flexibility index (Phi) is 5.88. The second kappa shape index (κ2) is 7.68. The van der Waals surface area contributed by atoms with E-state index < -0.39 is 0 Å². The SMILES string of the molecule is CC(C)[C@@H](C)Nc1ccc(Cl)c(C(=O)N[C@@H]2CCC(=O)NC2)c1. The first-order chi connectivity index (χ1) is 10.9. The Morgan fingerprint density at radius 2 is 2.09 bits per heavy atom. The highest BCUT2D eigenvalue weighted by atomic mass is 35.5. The van der Waals surface area contributed by atoms with Gasteiger partial charge in [0.15, 0.2) is 0 Å². The highest BCUT2D eigenvalue weighted by Crippen LogP contribution is 2.22. The van der Waals surface area contributed by atoms with Crippen LogP contribution in [0.25, 0.3) is 0 Å². The minimum Gasteiger partial charge on any atom is -0.382 e. The summed E-state index contributed by atoms with van der Waals surface area (Å²) in [6.45, 7) is 6.84. The van der Waals surface area contributed by atoms with Crippen LogP contribution in [0.4, 0.5) is 5.69 Å². The first kappa shape index (κ1) is 17.6. The molecule has 5 nitrogen and oxygen atoms in total. The molecule has 6 heteroatoms. The number of carbonyl (C=O) groups excluding carboxylic acids is 2. The van der Waals surface area contributed by atoms with Gasteiger partial charge in [-0.2, -0.15) is 0 Å². The number of hydrogen-bond donors (Lipinski definition) is 3. The van der Waals surface area contributed by atoms with E-state index in [0.29, 0.717) is 41.9 Å². The molecule has 3 N–H and O–H groups in total. The third kappa shape index (κ3) is 4.86. The van der Waals surface area contributed by atoms with Crippen LogP contribution in [0.15, 0.2) is 18.2 Å². The zero-order chi connectivity index (χ0) is 17.0. The Morgan fingerprint density at radius 1 is 1.35 bits per heavy atom. The fourth-order valence-corrected chi connectivity index (χ4v) is 2.54. The minimum absolute atomic E-state index is 0.0300. The second-order valence-electron chi connectivity index (χ2n) is 6.38. The Morgan fingerprint density at radius 3 is 2.70 bits per heavy atom. The smallest absolute Gasteiger partial charge is 0.253 e. The Hall–Kier alpha value is -1.75. The van der Waals surface area contributed by atoms with Crippen LogP contribution in [0.2, 0.25) is 5.02 Å². The molecule has 1 heterocycles. The normalized spacial score (nSPS) is 19.2. The van der Waals surface area contributed by atoms with E-state index >= 15 is 0 Å². The summed E-state index contributed by atoms with van der Waals surface area (Å²) in [6.07, 6.45) is 1.09. The quantitative estimate of drug-likeness (QED) is 0.773. The molecule has 1 saturated heterocycles. The summed E-state index contributed by atoms with van der Waals surface area (Å²) < 4.78 is 0. The van der Waals surface area contributed by atoms with Gasteiger partial charge in [0.2, 0.25) is 5.91 Å². The molecule has 0 aliphatic carbocycles. The number of nitrogens with one attached hydrogen (secondary N) is 3. The average Bonchev–Trinajstić information content (AvgIpc) is 2.51. The van der Waals surface area contributed by atoms with Gasteiger partial charge >= 0.3 is 0 Å². The number of carbonyl (C=O) groups is 2. The number of rotatable bonds is 5. The first-order valence-corrected chi connectivity index (χ1v) is 8.38. The number of amides is 2. The molecule has 2 atom stereocenters. The third-order valence-electron chi connectivity index (χ3n) is 4.21. The molecule has 0 aromatic heterocycles. The van der Waals surface area contributed by atoms with Crippen molar-refractivity contribution >= 4 is 29.1 Å². The third-order valence-corrected chi connectivity index (χ3v) is 4.54. The van der Waals surface area contributed by atoms with Crippen LogP contribution in [0, 0.1) is 5.92 Å². The van der Waals surface area contributed by atoms with Gasteiger partial charge in [-0.05, 0) is 37.5 Å². The van der Waals surface area contributed by atoms with Crippen molar-refractivity contribution in [2.75, 3.05) is 11.9 Å². The molecule has 0 bridgehead atoms. The van der Waals surface area contributed by atoms with E-state index in [1.807, 2.05) is 6.07 Å². The topological polar surface area (TPSA) is 70.2 Å². The molecular weight excluding hydrogens is 314 g/mol. The predicted molar refractivity (Wildman–Crippen MR) is 92.9 cm³/mol. The van der Waals surface area contributed by atoms with Crippen LogP contribution in [0.5, 0.6) is 0 Å². The largest absolute Gasteiger partial charge is 0.382 e. The second-order valence-corrected chi connectivity index (χ2v) is 6.79. The van der Waals surface area contributed by atoms with Crippen molar-refractivity contribution in [2.24, 2.45) is 5.92 Å². The number of halogens is 1. The van der Waals surface area contributed by atoms with Gasteiger partial charge in [-0.15, -0.1) is 0 Å². The summed E-state index contributed by atoms with van der Waals surface area (Å²) in [6, 6.07) is 5.62. The van der Waals surface area contributed by atoms with Gasteiger partial charge in [-0.25, -0.2) is 0 Å². The summed E-state index contributed by atoms with van der Waals surface area (Å²) in [4.78, 5) is 23.6. The van der Waals surface area contributed by atoms with Gasteiger partial charge in [-0.3, -0.25) is 9.59 Å². The molecule has 0 spiro atoms. The summed E-state index contributed by atoms with van der Waals surface area (Å²) in [7, 11) is 0. The molecule has 0 radical (unpaired) electrons. The van der Waals surface area contributed by atoms with Gasteiger partial charge in [0.05, 0.1) is 10.6 Å². The Bertz CT molecular complexity index is 579. The van der Waals surface area contributed by atoms with E-state index in [4.69, 9.17) is 11.6 Å². The van der Waals surface area contributed by atoms with Crippen molar-refractivity contribution in [2.45, 2.75) is 45.7 Å². The number of piperidine rings is 1. The lowest BCUT2D eigenvalue weighted by atomic mass is 10.0. The molecule has 0 saturated carbocycles. The molecule has 23 heavy (non-hydrogen) atoms. The number of hydrogen-bond acceptors (Lipinski definition) is 3. The summed E-state index contributed by atoms with van der Waals surface area (Å²) >= 11 is 6.17. The maximum absolute atomic E-state index is 12.5. The van der Waals surface area contributed by atoms with E-state index in [1.165, 1.54) is 0 Å². The summed E-state index contributed by atoms with van der Waals surface area (Å²) in [5.74, 6) is 0.299. The maximum Gasteiger partial charge on any atom is 0.253 e. The van der Waals surface area contributed by atoms with Crippen LogP contribution in [0.1, 0.15) is 44.0 Å². The molecule has 1 aromatic rings. The van der Waals surface area contributed by atoms with E-state index in [1.54, 1.807) is 12.1 Å². The first-order valence-electron chi connectivity index (χ1n) is 8.00. The summed E-state index contributed by atoms with van der Waals surface area (Å²) in [5, 5.41) is 9.49. The molecule has 1 aliphatic rings. The molecule has 2 amide bonds. The van der Waals surface area contributed by atoms with Crippen LogP contribution >= 0.6 is 11.6 Å². The number of anilines is 1. The van der Waals surface area contributed by atoms with Gasteiger partial charge in [0.25, 0.3) is 5.91 Å². The molecule has 0 unspecified atom stereocenters. The zero-order valence-corrected chi connectivity index (χ0v) is 14.5.